The van der Waals surface area contributed by atoms with Gasteiger partial charge in [-0.05, 0) is 56.1 Å². The second-order valence-corrected chi connectivity index (χ2v) is 6.11. The molecule has 0 amide bonds. The number of nitrogens with two attached hydrogens (primary N) is 1. The smallest absolute Gasteiger partial charge is 0.161 e. The first-order chi connectivity index (χ1) is 9.67. The number of rotatable bonds is 5. The fourth-order valence-electron chi connectivity index (χ4n) is 2.64. The van der Waals surface area contributed by atoms with E-state index in [9.17, 15) is 0 Å². The topological polar surface area (TPSA) is 47.7 Å². The Bertz CT molecular complexity index is 452. The maximum absolute atomic E-state index is 5.74. The first kappa shape index (κ1) is 18.6. The number of halogens is 2. The van der Waals surface area contributed by atoms with Gasteiger partial charge in [0, 0.05) is 11.0 Å². The van der Waals surface area contributed by atoms with E-state index in [0.29, 0.717) is 5.92 Å². The zero-order valence-electron chi connectivity index (χ0n) is 12.6. The molecule has 1 aromatic carbocycles. The molecular formula is C15H24BrClN2O2. The van der Waals surface area contributed by atoms with Gasteiger partial charge < -0.3 is 15.2 Å². The Morgan fingerprint density at radius 2 is 1.76 bits per heavy atom. The molecule has 2 rings (SSSR count). The molecule has 120 valence electrons. The number of methoxy groups -OCH3 is 2. The van der Waals surface area contributed by atoms with Crippen LogP contribution in [0.25, 0.3) is 0 Å². The van der Waals surface area contributed by atoms with Gasteiger partial charge in [0.1, 0.15) is 0 Å². The van der Waals surface area contributed by atoms with E-state index in [4.69, 9.17) is 15.2 Å². The lowest BCUT2D eigenvalue weighted by atomic mass is 9.97. The first-order valence-corrected chi connectivity index (χ1v) is 7.80. The van der Waals surface area contributed by atoms with E-state index in [1.165, 1.54) is 18.4 Å². The summed E-state index contributed by atoms with van der Waals surface area (Å²) in [6.45, 7) is 3.97. The van der Waals surface area contributed by atoms with Crippen LogP contribution in [-0.4, -0.2) is 38.8 Å². The Kier molecular flexibility index (Phi) is 7.81. The number of nitrogens with zero attached hydrogens (tertiary/aromatic N) is 1. The van der Waals surface area contributed by atoms with Crippen LogP contribution < -0.4 is 15.2 Å². The molecule has 21 heavy (non-hydrogen) atoms. The van der Waals surface area contributed by atoms with E-state index in [2.05, 4.69) is 26.9 Å². The summed E-state index contributed by atoms with van der Waals surface area (Å²) < 4.78 is 11.7. The summed E-state index contributed by atoms with van der Waals surface area (Å²) in [7, 11) is 3.32. The highest BCUT2D eigenvalue weighted by molar-refractivity contribution is 9.10. The SMILES string of the molecule is COc1cc(Br)c(CN2CCC(CN)CC2)cc1OC.Cl. The average molecular weight is 380 g/mol. The second-order valence-electron chi connectivity index (χ2n) is 5.25. The molecule has 0 atom stereocenters. The van der Waals surface area contributed by atoms with E-state index in [0.717, 1.165) is 42.2 Å². The lowest BCUT2D eigenvalue weighted by Crippen LogP contribution is -2.35. The van der Waals surface area contributed by atoms with Crippen LogP contribution in [0.1, 0.15) is 18.4 Å². The molecule has 1 aliphatic rings. The molecule has 4 nitrogen and oxygen atoms in total. The molecule has 1 heterocycles. The van der Waals surface area contributed by atoms with Crippen molar-refractivity contribution in [2.45, 2.75) is 19.4 Å². The second kappa shape index (κ2) is 8.83. The third-order valence-corrected chi connectivity index (χ3v) is 4.73. The number of ether oxygens (including phenoxy) is 2. The lowest BCUT2D eigenvalue weighted by Gasteiger charge is -2.31. The van der Waals surface area contributed by atoms with Gasteiger partial charge in [-0.1, -0.05) is 15.9 Å². The highest BCUT2D eigenvalue weighted by Crippen LogP contribution is 2.34. The van der Waals surface area contributed by atoms with Gasteiger partial charge in [0.15, 0.2) is 11.5 Å². The van der Waals surface area contributed by atoms with Crippen molar-refractivity contribution in [3.63, 3.8) is 0 Å². The van der Waals surface area contributed by atoms with Crippen molar-refractivity contribution >= 4 is 28.3 Å². The Morgan fingerprint density at radius 1 is 1.19 bits per heavy atom. The minimum absolute atomic E-state index is 0. The molecule has 0 bridgehead atoms. The van der Waals surface area contributed by atoms with Crippen molar-refractivity contribution in [1.82, 2.24) is 4.90 Å². The van der Waals surface area contributed by atoms with Gasteiger partial charge in [0.05, 0.1) is 14.2 Å². The number of hydrogen-bond acceptors (Lipinski definition) is 4. The molecule has 0 saturated carbocycles. The van der Waals surface area contributed by atoms with E-state index >= 15 is 0 Å². The number of piperidine rings is 1. The zero-order valence-corrected chi connectivity index (χ0v) is 15.0. The molecule has 1 aliphatic heterocycles. The molecule has 0 radical (unpaired) electrons. The van der Waals surface area contributed by atoms with E-state index in [1.807, 2.05) is 6.07 Å². The van der Waals surface area contributed by atoms with Gasteiger partial charge in [-0.15, -0.1) is 12.4 Å². The molecule has 0 unspecified atom stereocenters. The van der Waals surface area contributed by atoms with Crippen molar-refractivity contribution in [3.8, 4) is 11.5 Å². The van der Waals surface area contributed by atoms with Gasteiger partial charge in [0.25, 0.3) is 0 Å². The minimum Gasteiger partial charge on any atom is -0.493 e. The largest absolute Gasteiger partial charge is 0.493 e. The normalized spacial score (nSPS) is 16.4. The van der Waals surface area contributed by atoms with Crippen molar-refractivity contribution in [2.24, 2.45) is 11.7 Å². The van der Waals surface area contributed by atoms with Crippen LogP contribution in [0, 0.1) is 5.92 Å². The predicted molar refractivity (Wildman–Crippen MR) is 91.5 cm³/mol. The van der Waals surface area contributed by atoms with Crippen molar-refractivity contribution in [3.05, 3.63) is 22.2 Å². The highest BCUT2D eigenvalue weighted by Gasteiger charge is 2.19. The van der Waals surface area contributed by atoms with Crippen molar-refractivity contribution in [1.29, 1.82) is 0 Å². The van der Waals surface area contributed by atoms with Crippen LogP contribution in [0.4, 0.5) is 0 Å². The quantitative estimate of drug-likeness (QED) is 0.854. The lowest BCUT2D eigenvalue weighted by molar-refractivity contribution is 0.180. The summed E-state index contributed by atoms with van der Waals surface area (Å²) >= 11 is 3.62. The van der Waals surface area contributed by atoms with Gasteiger partial charge in [-0.3, -0.25) is 4.90 Å². The van der Waals surface area contributed by atoms with Crippen LogP contribution in [0.2, 0.25) is 0 Å². The standard InChI is InChI=1S/C15H23BrN2O2.ClH/c1-19-14-7-12(13(16)8-15(14)20-2)10-18-5-3-11(9-17)4-6-18;/h7-8,11H,3-6,9-10,17H2,1-2H3;1H. The van der Waals surface area contributed by atoms with Crippen LogP contribution in [-0.2, 0) is 6.54 Å². The summed E-state index contributed by atoms with van der Waals surface area (Å²) in [5.74, 6) is 2.23. The van der Waals surface area contributed by atoms with Gasteiger partial charge in [0.2, 0.25) is 0 Å². The molecular weight excluding hydrogens is 356 g/mol. The van der Waals surface area contributed by atoms with Crippen molar-refractivity contribution < 1.29 is 9.47 Å². The first-order valence-electron chi connectivity index (χ1n) is 7.00. The van der Waals surface area contributed by atoms with E-state index < -0.39 is 0 Å². The summed E-state index contributed by atoms with van der Waals surface area (Å²) in [4.78, 5) is 2.47. The molecule has 0 aliphatic carbocycles. The Balaban J connectivity index is 0.00000220. The summed E-state index contributed by atoms with van der Waals surface area (Å²) in [5.41, 5.74) is 6.97. The molecule has 0 spiro atoms. The fraction of sp³-hybridized carbons (Fsp3) is 0.600. The predicted octanol–water partition coefficient (Wildman–Crippen LogP) is 3.06. The summed E-state index contributed by atoms with van der Waals surface area (Å²) in [6.07, 6.45) is 2.39. The van der Waals surface area contributed by atoms with Crippen LogP contribution in [0.5, 0.6) is 11.5 Å². The molecule has 1 aromatic rings. The number of hydrogen-bond donors (Lipinski definition) is 1. The van der Waals surface area contributed by atoms with Crippen LogP contribution in [0.3, 0.4) is 0 Å². The summed E-state index contributed by atoms with van der Waals surface area (Å²) in [5, 5.41) is 0. The van der Waals surface area contributed by atoms with Gasteiger partial charge in [-0.2, -0.15) is 0 Å². The minimum atomic E-state index is 0. The monoisotopic (exact) mass is 378 g/mol. The molecule has 2 N–H and O–H groups in total. The summed E-state index contributed by atoms with van der Waals surface area (Å²) in [6, 6.07) is 4.03. The number of benzene rings is 1. The maximum atomic E-state index is 5.74. The highest BCUT2D eigenvalue weighted by atomic mass is 79.9. The molecule has 1 saturated heterocycles. The third-order valence-electron chi connectivity index (χ3n) is 3.99. The average Bonchev–Trinajstić information content (AvgIpc) is 2.49. The zero-order chi connectivity index (χ0) is 14.5. The Labute approximate surface area is 141 Å². The maximum Gasteiger partial charge on any atom is 0.161 e. The number of likely N-dealkylation sites (tertiary alicyclic amines) is 1. The molecule has 6 heteroatoms. The molecule has 1 fully saturated rings. The van der Waals surface area contributed by atoms with Gasteiger partial charge >= 0.3 is 0 Å². The molecule has 0 aromatic heterocycles. The fourth-order valence-corrected chi connectivity index (χ4v) is 3.09. The van der Waals surface area contributed by atoms with Crippen molar-refractivity contribution in [2.75, 3.05) is 33.9 Å². The van der Waals surface area contributed by atoms with E-state index in [1.54, 1.807) is 14.2 Å². The Hall–Kier alpha value is -0.490. The third kappa shape index (κ3) is 4.74. The van der Waals surface area contributed by atoms with E-state index in [-0.39, 0.29) is 12.4 Å². The van der Waals surface area contributed by atoms with Gasteiger partial charge in [-0.25, -0.2) is 0 Å². The Morgan fingerprint density at radius 3 is 2.29 bits per heavy atom. The van der Waals surface area contributed by atoms with Crippen LogP contribution in [0.15, 0.2) is 16.6 Å². The van der Waals surface area contributed by atoms with Crippen LogP contribution >= 0.6 is 28.3 Å².